The van der Waals surface area contributed by atoms with Gasteiger partial charge in [-0.15, -0.1) is 0 Å². The molecule has 0 fully saturated rings. The predicted octanol–water partition coefficient (Wildman–Crippen LogP) is 6.87. The fourth-order valence-electron chi connectivity index (χ4n) is 2.78. The zero-order chi connectivity index (χ0) is 18.4. The molecule has 0 aliphatic heterocycles. The minimum absolute atomic E-state index is 0. The maximum Gasteiger partial charge on any atom is 0.416 e. The molecule has 0 amide bonds. The molecule has 2 rings (SSSR count). The van der Waals surface area contributed by atoms with Crippen LogP contribution in [0.15, 0.2) is 53.5 Å². The molecule has 0 N–H and O–H groups in total. The number of rotatable bonds is 6. The van der Waals surface area contributed by atoms with Gasteiger partial charge in [0.2, 0.25) is 0 Å². The lowest BCUT2D eigenvalue weighted by atomic mass is 9.98. The van der Waals surface area contributed by atoms with E-state index in [2.05, 4.69) is 6.92 Å². The molecule has 2 aromatic rings. The van der Waals surface area contributed by atoms with Crippen molar-refractivity contribution in [3.05, 3.63) is 70.8 Å². The third-order valence-electron chi connectivity index (χ3n) is 4.14. The quantitative estimate of drug-likeness (QED) is 0.484. The summed E-state index contributed by atoms with van der Waals surface area (Å²) in [7, 11) is 0. The van der Waals surface area contributed by atoms with Gasteiger partial charge < -0.3 is 0 Å². The first-order valence-corrected chi connectivity index (χ1v) is 8.62. The van der Waals surface area contributed by atoms with Crippen LogP contribution in [0.2, 0.25) is 0 Å². The lowest BCUT2D eigenvalue weighted by Crippen LogP contribution is -2.10. The van der Waals surface area contributed by atoms with Crippen molar-refractivity contribution in [2.45, 2.75) is 52.3 Å². The Morgan fingerprint density at radius 3 is 2.31 bits per heavy atom. The second-order valence-electron chi connectivity index (χ2n) is 6.35. The first kappa shape index (κ1) is 22.3. The van der Waals surface area contributed by atoms with E-state index in [0.29, 0.717) is 17.5 Å². The molecule has 0 radical (unpaired) electrons. The Balaban J connectivity index is 0.00000338. The Morgan fingerprint density at radius 1 is 1.08 bits per heavy atom. The van der Waals surface area contributed by atoms with Gasteiger partial charge >= 0.3 is 6.18 Å². The minimum atomic E-state index is -4.35. The number of aliphatic imine (C=N–C) groups is 1. The van der Waals surface area contributed by atoms with Crippen LogP contribution in [0.5, 0.6) is 0 Å². The molecular formula is C21H26F3NS. The summed E-state index contributed by atoms with van der Waals surface area (Å²) in [6.07, 6.45) is -1.80. The van der Waals surface area contributed by atoms with Gasteiger partial charge in [-0.1, -0.05) is 49.7 Å². The standard InChI is InChI=1S/C21H24F3N.H2S/c1-4-5-11-20(25-16(3)17-9-7-6-8-10-17)18-12-15(2)13-19(14-18)21(22,23)24;/h6-10,12-14,16H,4-5,11H2,1-3H3;1H2. The summed E-state index contributed by atoms with van der Waals surface area (Å²) in [5.41, 5.74) is 2.36. The second-order valence-corrected chi connectivity index (χ2v) is 6.35. The maximum atomic E-state index is 13.2. The fourth-order valence-corrected chi connectivity index (χ4v) is 2.78. The van der Waals surface area contributed by atoms with Gasteiger partial charge in [0.15, 0.2) is 0 Å². The van der Waals surface area contributed by atoms with Gasteiger partial charge in [-0.3, -0.25) is 4.99 Å². The molecule has 0 saturated carbocycles. The summed E-state index contributed by atoms with van der Waals surface area (Å²) in [4.78, 5) is 4.77. The average Bonchev–Trinajstić information content (AvgIpc) is 2.57. The van der Waals surface area contributed by atoms with Crippen molar-refractivity contribution < 1.29 is 13.2 Å². The van der Waals surface area contributed by atoms with Gasteiger partial charge in [-0.2, -0.15) is 26.7 Å². The zero-order valence-electron chi connectivity index (χ0n) is 15.4. The number of aryl methyl sites for hydroxylation is 1. The van der Waals surface area contributed by atoms with Crippen molar-refractivity contribution in [3.8, 4) is 0 Å². The van der Waals surface area contributed by atoms with E-state index in [1.807, 2.05) is 37.3 Å². The van der Waals surface area contributed by atoms with E-state index < -0.39 is 11.7 Å². The van der Waals surface area contributed by atoms with Crippen LogP contribution >= 0.6 is 13.5 Å². The average molecular weight is 382 g/mol. The smallest absolute Gasteiger partial charge is 0.281 e. The lowest BCUT2D eigenvalue weighted by molar-refractivity contribution is -0.137. The van der Waals surface area contributed by atoms with Crippen LogP contribution in [-0.4, -0.2) is 5.71 Å². The summed E-state index contributed by atoms with van der Waals surface area (Å²) < 4.78 is 39.5. The van der Waals surface area contributed by atoms with Crippen LogP contribution in [0.1, 0.15) is 61.4 Å². The highest BCUT2D eigenvalue weighted by molar-refractivity contribution is 7.59. The molecule has 0 bridgehead atoms. The molecule has 2 aromatic carbocycles. The molecule has 5 heteroatoms. The normalized spacial score (nSPS) is 13.2. The van der Waals surface area contributed by atoms with Gasteiger partial charge in [-0.25, -0.2) is 0 Å². The Labute approximate surface area is 160 Å². The second kappa shape index (κ2) is 9.81. The third kappa shape index (κ3) is 6.20. The van der Waals surface area contributed by atoms with E-state index in [4.69, 9.17) is 4.99 Å². The van der Waals surface area contributed by atoms with Crippen LogP contribution in [-0.2, 0) is 6.18 Å². The van der Waals surface area contributed by atoms with Gasteiger partial charge in [0.1, 0.15) is 0 Å². The topological polar surface area (TPSA) is 12.4 Å². The van der Waals surface area contributed by atoms with Crippen molar-refractivity contribution in [3.63, 3.8) is 0 Å². The molecule has 0 aliphatic carbocycles. The molecule has 26 heavy (non-hydrogen) atoms. The number of unbranched alkanes of at least 4 members (excludes halogenated alkanes) is 1. The fraction of sp³-hybridized carbons (Fsp3) is 0.381. The molecule has 0 aromatic heterocycles. The van der Waals surface area contributed by atoms with Crippen LogP contribution in [0.3, 0.4) is 0 Å². The Hall–Kier alpha value is -1.75. The number of hydrogen-bond acceptors (Lipinski definition) is 1. The molecular weight excluding hydrogens is 355 g/mol. The van der Waals surface area contributed by atoms with E-state index >= 15 is 0 Å². The molecule has 0 spiro atoms. The highest BCUT2D eigenvalue weighted by Crippen LogP contribution is 2.31. The molecule has 0 aliphatic rings. The Morgan fingerprint density at radius 2 is 1.73 bits per heavy atom. The van der Waals surface area contributed by atoms with Crippen molar-refractivity contribution in [1.82, 2.24) is 0 Å². The SMILES string of the molecule is CCCCC(=NC(C)c1ccccc1)c1cc(C)cc(C(F)(F)F)c1.S. The first-order chi connectivity index (χ1) is 11.8. The zero-order valence-corrected chi connectivity index (χ0v) is 16.4. The highest BCUT2D eigenvalue weighted by Gasteiger charge is 2.31. The molecule has 0 saturated heterocycles. The number of alkyl halides is 3. The van der Waals surface area contributed by atoms with Crippen molar-refractivity contribution in [2.24, 2.45) is 4.99 Å². The van der Waals surface area contributed by atoms with Gasteiger partial charge in [0, 0.05) is 5.71 Å². The third-order valence-corrected chi connectivity index (χ3v) is 4.14. The summed E-state index contributed by atoms with van der Waals surface area (Å²) in [6, 6.07) is 13.9. The summed E-state index contributed by atoms with van der Waals surface area (Å²) >= 11 is 0. The number of halogens is 3. The summed E-state index contributed by atoms with van der Waals surface area (Å²) in [5.74, 6) is 0. The summed E-state index contributed by atoms with van der Waals surface area (Å²) in [6.45, 7) is 5.73. The van der Waals surface area contributed by atoms with E-state index in [0.717, 1.165) is 24.1 Å². The predicted molar refractivity (Wildman–Crippen MR) is 107 cm³/mol. The molecule has 142 valence electrons. The van der Waals surface area contributed by atoms with Gasteiger partial charge in [0.25, 0.3) is 0 Å². The van der Waals surface area contributed by atoms with Gasteiger partial charge in [-0.05, 0) is 55.5 Å². The first-order valence-electron chi connectivity index (χ1n) is 8.62. The van der Waals surface area contributed by atoms with E-state index in [-0.39, 0.29) is 19.5 Å². The number of nitrogens with zero attached hydrogens (tertiary/aromatic N) is 1. The summed E-state index contributed by atoms with van der Waals surface area (Å²) in [5, 5.41) is 0. The molecule has 1 atom stereocenters. The molecule has 1 nitrogen and oxygen atoms in total. The molecule has 1 unspecified atom stereocenters. The highest BCUT2D eigenvalue weighted by atomic mass is 32.1. The van der Waals surface area contributed by atoms with Crippen LogP contribution < -0.4 is 0 Å². The lowest BCUT2D eigenvalue weighted by Gasteiger charge is -2.15. The van der Waals surface area contributed by atoms with Crippen LogP contribution in [0, 0.1) is 6.92 Å². The largest absolute Gasteiger partial charge is 0.416 e. The van der Waals surface area contributed by atoms with Crippen molar-refractivity contribution >= 4 is 19.2 Å². The van der Waals surface area contributed by atoms with E-state index in [1.165, 1.54) is 12.1 Å². The van der Waals surface area contributed by atoms with Crippen molar-refractivity contribution in [2.75, 3.05) is 0 Å². The maximum absolute atomic E-state index is 13.2. The van der Waals surface area contributed by atoms with Crippen molar-refractivity contribution in [1.29, 1.82) is 0 Å². The molecule has 0 heterocycles. The number of hydrogen-bond donors (Lipinski definition) is 0. The minimum Gasteiger partial charge on any atom is -0.281 e. The monoisotopic (exact) mass is 381 g/mol. The van der Waals surface area contributed by atoms with Crippen LogP contribution in [0.4, 0.5) is 13.2 Å². The number of benzene rings is 2. The van der Waals surface area contributed by atoms with E-state index in [1.54, 1.807) is 13.0 Å². The van der Waals surface area contributed by atoms with Crippen LogP contribution in [0.25, 0.3) is 0 Å². The van der Waals surface area contributed by atoms with Gasteiger partial charge in [0.05, 0.1) is 11.6 Å². The Kier molecular flexibility index (Phi) is 8.41. The Bertz CT molecular complexity index is 724. The van der Waals surface area contributed by atoms with E-state index in [9.17, 15) is 13.2 Å².